The molecule has 4 heteroatoms. The first-order valence-electron chi connectivity index (χ1n) is 6.48. The summed E-state index contributed by atoms with van der Waals surface area (Å²) in [7, 11) is 0. The smallest absolute Gasteiger partial charge is 0.124 e. The molecule has 0 radical (unpaired) electrons. The third kappa shape index (κ3) is 3.37. The van der Waals surface area contributed by atoms with Gasteiger partial charge >= 0.3 is 0 Å². The maximum Gasteiger partial charge on any atom is 0.124 e. The quantitative estimate of drug-likeness (QED) is 0.664. The Labute approximate surface area is 123 Å². The molecule has 0 amide bonds. The summed E-state index contributed by atoms with van der Waals surface area (Å²) in [6, 6.07) is 10.6. The molecule has 2 aromatic carbocycles. The van der Waals surface area contributed by atoms with E-state index in [1.54, 1.807) is 6.07 Å². The largest absolute Gasteiger partial charge is 0.271 e. The first-order valence-corrected chi connectivity index (χ1v) is 6.86. The van der Waals surface area contributed by atoms with Crippen LogP contribution in [-0.2, 0) is 6.42 Å². The minimum absolute atomic E-state index is 0.0575. The van der Waals surface area contributed by atoms with Crippen LogP contribution in [0, 0.1) is 19.7 Å². The first kappa shape index (κ1) is 15.0. The van der Waals surface area contributed by atoms with Gasteiger partial charge in [0.1, 0.15) is 5.82 Å². The monoisotopic (exact) mass is 292 g/mol. The fourth-order valence-electron chi connectivity index (χ4n) is 2.30. The molecule has 2 aromatic rings. The zero-order valence-electron chi connectivity index (χ0n) is 11.6. The topological polar surface area (TPSA) is 38.0 Å². The molecule has 1 unspecified atom stereocenters. The average Bonchev–Trinajstić information content (AvgIpc) is 2.41. The van der Waals surface area contributed by atoms with Crippen LogP contribution in [0.25, 0.3) is 0 Å². The predicted molar refractivity (Wildman–Crippen MR) is 81.1 cm³/mol. The molecule has 0 fully saturated rings. The van der Waals surface area contributed by atoms with E-state index >= 15 is 0 Å². The molecule has 1 atom stereocenters. The van der Waals surface area contributed by atoms with Gasteiger partial charge in [0.2, 0.25) is 0 Å². The molecule has 3 N–H and O–H groups in total. The van der Waals surface area contributed by atoms with E-state index in [2.05, 4.69) is 23.6 Å². The molecular weight excluding hydrogens is 275 g/mol. The number of rotatable bonds is 4. The molecule has 2 rings (SSSR count). The Hall–Kier alpha value is -1.42. The van der Waals surface area contributed by atoms with Gasteiger partial charge in [0.05, 0.1) is 6.04 Å². The second-order valence-corrected chi connectivity index (χ2v) is 5.43. The lowest BCUT2D eigenvalue weighted by atomic mass is 9.94. The SMILES string of the molecule is Cc1ccc(C)c(C(Cc2ccc(F)cc2Cl)NN)c1. The molecule has 0 saturated carbocycles. The van der Waals surface area contributed by atoms with Crippen molar-refractivity contribution in [2.24, 2.45) is 5.84 Å². The van der Waals surface area contributed by atoms with Crippen LogP contribution in [0.2, 0.25) is 5.02 Å². The van der Waals surface area contributed by atoms with Gasteiger partial charge in [0.25, 0.3) is 0 Å². The van der Waals surface area contributed by atoms with Crippen molar-refractivity contribution in [3.63, 3.8) is 0 Å². The van der Waals surface area contributed by atoms with Gasteiger partial charge in [0.15, 0.2) is 0 Å². The molecule has 0 heterocycles. The van der Waals surface area contributed by atoms with E-state index in [1.807, 2.05) is 13.8 Å². The first-order chi connectivity index (χ1) is 9.51. The van der Waals surface area contributed by atoms with Crippen LogP contribution in [0.1, 0.15) is 28.3 Å². The molecule has 2 nitrogen and oxygen atoms in total. The lowest BCUT2D eigenvalue weighted by Crippen LogP contribution is -2.30. The Bertz CT molecular complexity index is 613. The summed E-state index contributed by atoms with van der Waals surface area (Å²) in [5, 5.41) is 0.426. The summed E-state index contributed by atoms with van der Waals surface area (Å²) in [5.41, 5.74) is 7.17. The van der Waals surface area contributed by atoms with E-state index in [9.17, 15) is 4.39 Å². The van der Waals surface area contributed by atoms with Crippen LogP contribution in [0.15, 0.2) is 36.4 Å². The third-order valence-corrected chi connectivity index (χ3v) is 3.80. The van der Waals surface area contributed by atoms with Crippen LogP contribution in [0.3, 0.4) is 0 Å². The normalized spacial score (nSPS) is 12.4. The van der Waals surface area contributed by atoms with Gasteiger partial charge in [-0.15, -0.1) is 0 Å². The van der Waals surface area contributed by atoms with Gasteiger partial charge in [-0.2, -0.15) is 0 Å². The molecule has 0 saturated heterocycles. The summed E-state index contributed by atoms with van der Waals surface area (Å²) < 4.78 is 13.1. The average molecular weight is 293 g/mol. The number of hydrogen-bond donors (Lipinski definition) is 2. The maximum absolute atomic E-state index is 13.1. The molecule has 0 aliphatic rings. The van der Waals surface area contributed by atoms with Gasteiger partial charge in [-0.3, -0.25) is 11.3 Å². The molecule has 0 spiro atoms. The van der Waals surface area contributed by atoms with E-state index < -0.39 is 0 Å². The molecule has 20 heavy (non-hydrogen) atoms. The third-order valence-electron chi connectivity index (χ3n) is 3.45. The van der Waals surface area contributed by atoms with E-state index in [0.717, 1.165) is 16.7 Å². The highest BCUT2D eigenvalue weighted by Crippen LogP contribution is 2.26. The number of hydrogen-bond acceptors (Lipinski definition) is 2. The number of nitrogens with two attached hydrogens (primary N) is 1. The molecule has 106 valence electrons. The van der Waals surface area contributed by atoms with Crippen molar-refractivity contribution in [1.82, 2.24) is 5.43 Å². The Balaban J connectivity index is 2.31. The fraction of sp³-hybridized carbons (Fsp3) is 0.250. The van der Waals surface area contributed by atoms with Crippen molar-refractivity contribution < 1.29 is 4.39 Å². The van der Waals surface area contributed by atoms with Crippen molar-refractivity contribution in [3.8, 4) is 0 Å². The number of benzene rings is 2. The van der Waals surface area contributed by atoms with Gasteiger partial charge in [-0.1, -0.05) is 41.4 Å². The minimum Gasteiger partial charge on any atom is -0.271 e. The summed E-state index contributed by atoms with van der Waals surface area (Å²) >= 11 is 6.08. The second kappa shape index (κ2) is 6.35. The zero-order valence-corrected chi connectivity index (χ0v) is 12.3. The van der Waals surface area contributed by atoms with Crippen LogP contribution < -0.4 is 11.3 Å². The Kier molecular flexibility index (Phi) is 4.76. The van der Waals surface area contributed by atoms with Crippen molar-refractivity contribution in [3.05, 3.63) is 69.5 Å². The highest BCUT2D eigenvalue weighted by atomic mass is 35.5. The molecule has 0 aromatic heterocycles. The van der Waals surface area contributed by atoms with Crippen molar-refractivity contribution in [1.29, 1.82) is 0 Å². The highest BCUT2D eigenvalue weighted by Gasteiger charge is 2.15. The van der Waals surface area contributed by atoms with E-state index in [4.69, 9.17) is 17.4 Å². The summed E-state index contributed by atoms with van der Waals surface area (Å²) in [4.78, 5) is 0. The summed E-state index contributed by atoms with van der Waals surface area (Å²) in [6.07, 6.45) is 0.611. The van der Waals surface area contributed by atoms with Crippen molar-refractivity contribution >= 4 is 11.6 Å². The minimum atomic E-state index is -0.331. The van der Waals surface area contributed by atoms with Gasteiger partial charge in [-0.25, -0.2) is 4.39 Å². The lowest BCUT2D eigenvalue weighted by Gasteiger charge is -2.20. The second-order valence-electron chi connectivity index (χ2n) is 5.02. The molecule has 0 aliphatic carbocycles. The molecule has 0 aliphatic heterocycles. The predicted octanol–water partition coefficient (Wildman–Crippen LogP) is 3.84. The zero-order chi connectivity index (χ0) is 14.7. The van der Waals surface area contributed by atoms with Crippen LogP contribution in [-0.4, -0.2) is 0 Å². The fourth-order valence-corrected chi connectivity index (χ4v) is 2.55. The molecular formula is C16H18ClFN2. The summed E-state index contributed by atoms with van der Waals surface area (Å²) in [5.74, 6) is 5.35. The van der Waals surface area contributed by atoms with E-state index in [1.165, 1.54) is 17.7 Å². The van der Waals surface area contributed by atoms with Crippen LogP contribution in [0.5, 0.6) is 0 Å². The maximum atomic E-state index is 13.1. The van der Waals surface area contributed by atoms with Crippen LogP contribution in [0.4, 0.5) is 4.39 Å². The van der Waals surface area contributed by atoms with Gasteiger partial charge < -0.3 is 0 Å². The van der Waals surface area contributed by atoms with E-state index in [-0.39, 0.29) is 11.9 Å². The van der Waals surface area contributed by atoms with Gasteiger partial charge in [0, 0.05) is 5.02 Å². The van der Waals surface area contributed by atoms with Crippen LogP contribution >= 0.6 is 11.6 Å². The Morgan fingerprint density at radius 1 is 1.20 bits per heavy atom. The van der Waals surface area contributed by atoms with E-state index in [0.29, 0.717) is 11.4 Å². The number of halogens is 2. The Morgan fingerprint density at radius 2 is 1.95 bits per heavy atom. The van der Waals surface area contributed by atoms with Crippen molar-refractivity contribution in [2.45, 2.75) is 26.3 Å². The van der Waals surface area contributed by atoms with Crippen molar-refractivity contribution in [2.75, 3.05) is 0 Å². The number of aryl methyl sites for hydroxylation is 2. The molecule has 0 bridgehead atoms. The highest BCUT2D eigenvalue weighted by molar-refractivity contribution is 6.31. The number of nitrogens with one attached hydrogen (secondary N) is 1. The van der Waals surface area contributed by atoms with Gasteiger partial charge in [-0.05, 0) is 49.1 Å². The number of hydrazine groups is 1. The Morgan fingerprint density at radius 3 is 2.60 bits per heavy atom. The standard InChI is InChI=1S/C16H18ClFN2/c1-10-3-4-11(2)14(7-10)16(20-19)8-12-5-6-13(18)9-15(12)17/h3-7,9,16,20H,8,19H2,1-2H3. The summed E-state index contributed by atoms with van der Waals surface area (Å²) in [6.45, 7) is 4.09. The lowest BCUT2D eigenvalue weighted by molar-refractivity contribution is 0.548.